The van der Waals surface area contributed by atoms with Crippen molar-refractivity contribution in [1.82, 2.24) is 15.3 Å². The van der Waals surface area contributed by atoms with Gasteiger partial charge in [0.25, 0.3) is 5.91 Å². The van der Waals surface area contributed by atoms with Gasteiger partial charge in [0.1, 0.15) is 22.8 Å². The Labute approximate surface area is 144 Å². The topological polar surface area (TPSA) is 113 Å². The maximum atomic E-state index is 12.2. The van der Waals surface area contributed by atoms with E-state index in [2.05, 4.69) is 15.3 Å². The number of aromatic hydroxyl groups is 1. The zero-order valence-electron chi connectivity index (χ0n) is 13.9. The van der Waals surface area contributed by atoms with E-state index in [9.17, 15) is 9.90 Å². The van der Waals surface area contributed by atoms with Crippen LogP contribution in [0.2, 0.25) is 0 Å². The molecule has 1 heterocycles. The summed E-state index contributed by atoms with van der Waals surface area (Å²) >= 11 is 0. The lowest BCUT2D eigenvalue weighted by Crippen LogP contribution is -2.25. The second-order valence-electron chi connectivity index (χ2n) is 5.57. The monoisotopic (exact) mass is 340 g/mol. The highest BCUT2D eigenvalue weighted by Crippen LogP contribution is 2.32. The van der Waals surface area contributed by atoms with Gasteiger partial charge < -0.3 is 25.9 Å². The molecule has 130 valence electrons. The van der Waals surface area contributed by atoms with Crippen molar-refractivity contribution in [2.24, 2.45) is 5.73 Å². The van der Waals surface area contributed by atoms with Gasteiger partial charge in [-0.2, -0.15) is 0 Å². The van der Waals surface area contributed by atoms with Crippen molar-refractivity contribution in [3.05, 3.63) is 42.0 Å². The van der Waals surface area contributed by atoms with E-state index in [1.54, 1.807) is 30.3 Å². The molecule has 3 aromatic rings. The molecule has 5 N–H and O–H groups in total. The molecule has 0 unspecified atom stereocenters. The number of ether oxygens (including phenoxy) is 1. The fraction of sp³-hybridized carbons (Fsp3) is 0.222. The first-order chi connectivity index (χ1) is 12.1. The van der Waals surface area contributed by atoms with Crippen molar-refractivity contribution in [2.45, 2.75) is 6.42 Å². The van der Waals surface area contributed by atoms with Gasteiger partial charge in [-0.25, -0.2) is 4.98 Å². The predicted octanol–water partition coefficient (Wildman–Crippen LogP) is 2.02. The number of carbonyl (C=O) groups is 1. The quantitative estimate of drug-likeness (QED) is 0.513. The van der Waals surface area contributed by atoms with Gasteiger partial charge in [-0.1, -0.05) is 6.07 Å². The maximum Gasteiger partial charge on any atom is 0.251 e. The Balaban J connectivity index is 1.93. The van der Waals surface area contributed by atoms with Gasteiger partial charge in [-0.3, -0.25) is 4.79 Å². The van der Waals surface area contributed by atoms with E-state index in [1.807, 2.05) is 6.07 Å². The van der Waals surface area contributed by atoms with Crippen molar-refractivity contribution >= 4 is 16.9 Å². The lowest BCUT2D eigenvalue weighted by atomic mass is 10.1. The zero-order valence-corrected chi connectivity index (χ0v) is 13.9. The fourth-order valence-corrected chi connectivity index (χ4v) is 2.58. The van der Waals surface area contributed by atoms with Crippen LogP contribution >= 0.6 is 0 Å². The molecule has 1 aromatic heterocycles. The summed E-state index contributed by atoms with van der Waals surface area (Å²) in [5.74, 6) is 1.00. The van der Waals surface area contributed by atoms with Crippen LogP contribution in [0.3, 0.4) is 0 Å². The Morgan fingerprint density at radius 3 is 2.92 bits per heavy atom. The van der Waals surface area contributed by atoms with E-state index in [1.165, 1.54) is 7.11 Å². The number of nitrogens with one attached hydrogen (secondary N) is 2. The molecule has 3 rings (SSSR count). The molecule has 0 saturated carbocycles. The Morgan fingerprint density at radius 2 is 2.20 bits per heavy atom. The highest BCUT2D eigenvalue weighted by molar-refractivity contribution is 5.95. The minimum atomic E-state index is -0.180. The van der Waals surface area contributed by atoms with Gasteiger partial charge in [0.15, 0.2) is 0 Å². The molecule has 0 aliphatic heterocycles. The van der Waals surface area contributed by atoms with Crippen LogP contribution in [-0.4, -0.2) is 41.2 Å². The smallest absolute Gasteiger partial charge is 0.251 e. The van der Waals surface area contributed by atoms with Crippen LogP contribution in [0.1, 0.15) is 16.8 Å². The van der Waals surface area contributed by atoms with Gasteiger partial charge in [-0.05, 0) is 43.3 Å². The number of fused-ring (bicyclic) bond motifs is 1. The summed E-state index contributed by atoms with van der Waals surface area (Å²) < 4.78 is 5.42. The first kappa shape index (κ1) is 16.8. The molecule has 0 radical (unpaired) electrons. The summed E-state index contributed by atoms with van der Waals surface area (Å²) in [4.78, 5) is 19.7. The van der Waals surface area contributed by atoms with Crippen molar-refractivity contribution in [2.75, 3.05) is 20.2 Å². The third-order valence-electron chi connectivity index (χ3n) is 3.88. The van der Waals surface area contributed by atoms with Gasteiger partial charge in [0, 0.05) is 12.1 Å². The summed E-state index contributed by atoms with van der Waals surface area (Å²) in [5, 5.41) is 12.7. The Hall–Kier alpha value is -3.06. The summed E-state index contributed by atoms with van der Waals surface area (Å²) in [7, 11) is 1.54. The molecule has 2 aromatic carbocycles. The number of benzene rings is 2. The Morgan fingerprint density at radius 1 is 1.36 bits per heavy atom. The fourth-order valence-electron chi connectivity index (χ4n) is 2.58. The number of carbonyl (C=O) groups excluding carboxylic acids is 1. The number of H-pyrrole nitrogens is 1. The number of hydrogen-bond acceptors (Lipinski definition) is 5. The number of nitrogens with zero attached hydrogens (tertiary/aromatic N) is 1. The number of imidazole rings is 1. The molecule has 0 saturated heterocycles. The van der Waals surface area contributed by atoms with Crippen LogP contribution in [0.25, 0.3) is 22.4 Å². The maximum absolute atomic E-state index is 12.2. The van der Waals surface area contributed by atoms with Crippen molar-refractivity contribution in [3.8, 4) is 22.9 Å². The first-order valence-corrected chi connectivity index (χ1v) is 7.98. The number of amides is 1. The molecular formula is C18H20N4O3. The summed E-state index contributed by atoms with van der Waals surface area (Å²) in [6.45, 7) is 1.06. The number of nitrogens with two attached hydrogens (primary N) is 1. The van der Waals surface area contributed by atoms with Crippen molar-refractivity contribution < 1.29 is 14.6 Å². The van der Waals surface area contributed by atoms with E-state index < -0.39 is 0 Å². The van der Waals surface area contributed by atoms with Crippen molar-refractivity contribution in [3.63, 3.8) is 0 Å². The molecule has 1 amide bonds. The number of aromatic amines is 1. The summed E-state index contributed by atoms with van der Waals surface area (Å²) in [5.41, 5.74) is 7.84. The second-order valence-corrected chi connectivity index (χ2v) is 5.57. The van der Waals surface area contributed by atoms with E-state index in [0.29, 0.717) is 41.3 Å². The molecule has 0 bridgehead atoms. The molecule has 0 spiro atoms. The van der Waals surface area contributed by atoms with Gasteiger partial charge in [0.2, 0.25) is 0 Å². The molecule has 7 nitrogen and oxygen atoms in total. The molecule has 0 aliphatic rings. The first-order valence-electron chi connectivity index (χ1n) is 7.98. The van der Waals surface area contributed by atoms with Crippen LogP contribution < -0.4 is 15.8 Å². The minimum absolute atomic E-state index is 0.106. The largest absolute Gasteiger partial charge is 0.506 e. The summed E-state index contributed by atoms with van der Waals surface area (Å²) in [6.07, 6.45) is 0.726. The van der Waals surface area contributed by atoms with Gasteiger partial charge >= 0.3 is 0 Å². The van der Waals surface area contributed by atoms with E-state index in [0.717, 1.165) is 11.9 Å². The molecule has 0 aliphatic carbocycles. The van der Waals surface area contributed by atoms with Crippen LogP contribution in [0.5, 0.6) is 11.5 Å². The number of phenols is 1. The number of para-hydroxylation sites is 1. The lowest BCUT2D eigenvalue weighted by Gasteiger charge is -2.09. The summed E-state index contributed by atoms with van der Waals surface area (Å²) in [6, 6.07) is 10.3. The third kappa shape index (κ3) is 3.41. The standard InChI is InChI=1S/C18H20N4O3/c1-25-15-10-11(18(24)20-9-3-8-19)6-7-12(15)17-21-13-4-2-5-14(23)16(13)22-17/h2,4-7,10,23H,3,8-9,19H2,1H3,(H,20,24)(H,21,22). The van der Waals surface area contributed by atoms with Crippen LogP contribution in [0.4, 0.5) is 0 Å². The highest BCUT2D eigenvalue weighted by Gasteiger charge is 2.15. The predicted molar refractivity (Wildman–Crippen MR) is 95.8 cm³/mol. The lowest BCUT2D eigenvalue weighted by molar-refractivity contribution is 0.0953. The SMILES string of the molecule is COc1cc(C(=O)NCCCN)ccc1-c1nc2c(O)cccc2[nH]1. The van der Waals surface area contributed by atoms with Gasteiger partial charge in [-0.15, -0.1) is 0 Å². The zero-order chi connectivity index (χ0) is 17.8. The number of methoxy groups -OCH3 is 1. The third-order valence-corrected chi connectivity index (χ3v) is 3.88. The number of phenolic OH excluding ortho intramolecular Hbond substituents is 1. The van der Waals surface area contributed by atoms with Crippen molar-refractivity contribution in [1.29, 1.82) is 0 Å². The highest BCUT2D eigenvalue weighted by atomic mass is 16.5. The molecule has 0 fully saturated rings. The van der Waals surface area contributed by atoms with Crippen LogP contribution in [0.15, 0.2) is 36.4 Å². The Kier molecular flexibility index (Phi) is 4.85. The second kappa shape index (κ2) is 7.23. The van der Waals surface area contributed by atoms with Gasteiger partial charge in [0.05, 0.1) is 18.2 Å². The number of rotatable bonds is 6. The minimum Gasteiger partial charge on any atom is -0.506 e. The average Bonchev–Trinajstić information content (AvgIpc) is 3.06. The molecule has 25 heavy (non-hydrogen) atoms. The average molecular weight is 340 g/mol. The molecule has 7 heteroatoms. The van der Waals surface area contributed by atoms with Crippen LogP contribution in [-0.2, 0) is 0 Å². The molecular weight excluding hydrogens is 320 g/mol. The Bertz CT molecular complexity index is 904. The van der Waals surface area contributed by atoms with E-state index >= 15 is 0 Å². The molecule has 0 atom stereocenters. The number of aromatic nitrogens is 2. The van der Waals surface area contributed by atoms with E-state index in [4.69, 9.17) is 10.5 Å². The number of hydrogen-bond donors (Lipinski definition) is 4. The normalized spacial score (nSPS) is 10.8. The van der Waals surface area contributed by atoms with Crippen LogP contribution in [0, 0.1) is 0 Å². The van der Waals surface area contributed by atoms with E-state index in [-0.39, 0.29) is 11.7 Å².